The van der Waals surface area contributed by atoms with Crippen molar-refractivity contribution in [2.45, 2.75) is 13.8 Å². The molecule has 0 heterocycles. The predicted octanol–water partition coefficient (Wildman–Crippen LogP) is 5.02. The van der Waals surface area contributed by atoms with Crippen molar-refractivity contribution in [2.24, 2.45) is 0 Å². The lowest BCUT2D eigenvalue weighted by atomic mass is 9.95. The predicted molar refractivity (Wildman–Crippen MR) is 84.1 cm³/mol. The molecule has 0 N–H and O–H groups in total. The fourth-order valence-electron chi connectivity index (χ4n) is 2.62. The van der Waals surface area contributed by atoms with Gasteiger partial charge in [0.25, 0.3) is 0 Å². The molecule has 3 aromatic rings. The Morgan fingerprint density at radius 3 is 2.45 bits per heavy atom. The quantitative estimate of drug-likeness (QED) is 0.591. The van der Waals surface area contributed by atoms with Gasteiger partial charge in [-0.25, -0.2) is 0 Å². The number of hydrogen-bond acceptors (Lipinski definition) is 1. The van der Waals surface area contributed by atoms with Crippen LogP contribution in [0.5, 0.6) is 0 Å². The Balaban J connectivity index is 2.28. The van der Waals surface area contributed by atoms with Gasteiger partial charge in [-0.15, -0.1) is 0 Å². The number of fused-ring (bicyclic) bond motifs is 1. The van der Waals surface area contributed by atoms with Crippen LogP contribution in [0.1, 0.15) is 22.8 Å². The van der Waals surface area contributed by atoms with Crippen molar-refractivity contribution in [3.8, 4) is 11.1 Å². The molecule has 0 aliphatic carbocycles. The van der Waals surface area contributed by atoms with Crippen LogP contribution < -0.4 is 0 Å². The third-order valence-electron chi connectivity index (χ3n) is 3.58. The molecule has 1 heteroatoms. The maximum Gasteiger partial charge on any atom is 0.159 e. The summed E-state index contributed by atoms with van der Waals surface area (Å²) in [6, 6.07) is 20.7. The molecule has 0 spiro atoms. The Morgan fingerprint density at radius 2 is 1.65 bits per heavy atom. The van der Waals surface area contributed by atoms with Crippen LogP contribution in [-0.2, 0) is 0 Å². The zero-order valence-electron chi connectivity index (χ0n) is 11.7. The highest BCUT2D eigenvalue weighted by Gasteiger charge is 2.07. The third-order valence-corrected chi connectivity index (χ3v) is 3.58. The van der Waals surface area contributed by atoms with Gasteiger partial charge in [0.05, 0.1) is 0 Å². The fourth-order valence-corrected chi connectivity index (χ4v) is 2.62. The van der Waals surface area contributed by atoms with Gasteiger partial charge in [-0.05, 0) is 53.4 Å². The first-order chi connectivity index (χ1) is 9.65. The number of Topliss-reactive ketones (excluding diaryl/α,β-unsaturated/α-hetero) is 1. The molecule has 0 unspecified atom stereocenters. The molecule has 0 fully saturated rings. The van der Waals surface area contributed by atoms with Gasteiger partial charge in [-0.3, -0.25) is 4.79 Å². The lowest BCUT2D eigenvalue weighted by Gasteiger charge is -2.09. The standard InChI is InChI=1S/C19H16O/c1-13-10-16(14(2)20)12-17(11-13)19-9-5-7-15-6-3-4-8-18(15)19/h3-12H,1-2H3. The Hall–Kier alpha value is -2.41. The Kier molecular flexibility index (Phi) is 3.11. The van der Waals surface area contributed by atoms with Crippen LogP contribution in [0.15, 0.2) is 60.7 Å². The summed E-state index contributed by atoms with van der Waals surface area (Å²) in [5.41, 5.74) is 4.16. The van der Waals surface area contributed by atoms with Gasteiger partial charge in [0, 0.05) is 5.56 Å². The number of ketones is 1. The van der Waals surface area contributed by atoms with Crippen LogP contribution >= 0.6 is 0 Å². The van der Waals surface area contributed by atoms with Crippen LogP contribution in [0, 0.1) is 6.92 Å². The number of hydrogen-bond donors (Lipinski definition) is 0. The number of aryl methyl sites for hydroxylation is 1. The Labute approximate surface area is 118 Å². The second-order valence-corrected chi connectivity index (χ2v) is 5.17. The zero-order chi connectivity index (χ0) is 14.1. The maximum absolute atomic E-state index is 11.6. The number of carbonyl (C=O) groups excluding carboxylic acids is 1. The summed E-state index contributed by atoms with van der Waals surface area (Å²) >= 11 is 0. The van der Waals surface area contributed by atoms with Gasteiger partial charge in [0.2, 0.25) is 0 Å². The SMILES string of the molecule is CC(=O)c1cc(C)cc(-c2cccc3ccccc23)c1. The minimum Gasteiger partial charge on any atom is -0.295 e. The average molecular weight is 260 g/mol. The third kappa shape index (κ3) is 2.23. The van der Waals surface area contributed by atoms with Crippen molar-refractivity contribution in [3.05, 3.63) is 71.8 Å². The number of benzene rings is 3. The molecule has 0 aliphatic rings. The van der Waals surface area contributed by atoms with Gasteiger partial charge in [-0.2, -0.15) is 0 Å². The summed E-state index contributed by atoms with van der Waals surface area (Å²) < 4.78 is 0. The monoisotopic (exact) mass is 260 g/mol. The second-order valence-electron chi connectivity index (χ2n) is 5.17. The highest BCUT2D eigenvalue weighted by molar-refractivity contribution is 5.99. The lowest BCUT2D eigenvalue weighted by Crippen LogP contribution is -1.94. The van der Waals surface area contributed by atoms with E-state index in [9.17, 15) is 4.79 Å². The molecule has 3 rings (SSSR count). The van der Waals surface area contributed by atoms with Crippen molar-refractivity contribution in [1.82, 2.24) is 0 Å². The molecular weight excluding hydrogens is 244 g/mol. The van der Waals surface area contributed by atoms with E-state index in [0.717, 1.165) is 16.7 Å². The van der Waals surface area contributed by atoms with Gasteiger partial charge in [0.15, 0.2) is 5.78 Å². The van der Waals surface area contributed by atoms with E-state index in [1.54, 1.807) is 6.92 Å². The Morgan fingerprint density at radius 1 is 0.900 bits per heavy atom. The summed E-state index contributed by atoms with van der Waals surface area (Å²) in [4.78, 5) is 11.6. The zero-order valence-corrected chi connectivity index (χ0v) is 11.7. The molecule has 0 radical (unpaired) electrons. The summed E-state index contributed by atoms with van der Waals surface area (Å²) in [5, 5.41) is 2.44. The molecule has 0 amide bonds. The largest absolute Gasteiger partial charge is 0.295 e. The summed E-state index contributed by atoms with van der Waals surface area (Å²) in [7, 11) is 0. The highest BCUT2D eigenvalue weighted by atomic mass is 16.1. The van der Waals surface area contributed by atoms with Crippen molar-refractivity contribution in [2.75, 3.05) is 0 Å². The molecule has 1 nitrogen and oxygen atoms in total. The number of carbonyl (C=O) groups is 1. The van der Waals surface area contributed by atoms with E-state index < -0.39 is 0 Å². The van der Waals surface area contributed by atoms with Crippen molar-refractivity contribution in [3.63, 3.8) is 0 Å². The van der Waals surface area contributed by atoms with Gasteiger partial charge >= 0.3 is 0 Å². The first-order valence-electron chi connectivity index (χ1n) is 6.76. The highest BCUT2D eigenvalue weighted by Crippen LogP contribution is 2.30. The molecule has 0 aromatic heterocycles. The van der Waals surface area contributed by atoms with Crippen LogP contribution in [0.2, 0.25) is 0 Å². The van der Waals surface area contributed by atoms with Gasteiger partial charge < -0.3 is 0 Å². The van der Waals surface area contributed by atoms with E-state index in [-0.39, 0.29) is 5.78 Å². The number of rotatable bonds is 2. The van der Waals surface area contributed by atoms with Crippen molar-refractivity contribution in [1.29, 1.82) is 0 Å². The molecule has 20 heavy (non-hydrogen) atoms. The molecule has 0 saturated heterocycles. The molecule has 0 aliphatic heterocycles. The molecule has 3 aromatic carbocycles. The van der Waals surface area contributed by atoms with E-state index in [1.807, 2.05) is 31.2 Å². The van der Waals surface area contributed by atoms with Crippen LogP contribution in [-0.4, -0.2) is 5.78 Å². The van der Waals surface area contributed by atoms with E-state index in [1.165, 1.54) is 16.3 Å². The second kappa shape index (κ2) is 4.93. The van der Waals surface area contributed by atoms with Crippen LogP contribution in [0.3, 0.4) is 0 Å². The van der Waals surface area contributed by atoms with Crippen LogP contribution in [0.4, 0.5) is 0 Å². The molecule has 0 atom stereocenters. The maximum atomic E-state index is 11.6. The normalized spacial score (nSPS) is 10.7. The van der Waals surface area contributed by atoms with E-state index in [4.69, 9.17) is 0 Å². The van der Waals surface area contributed by atoms with E-state index in [0.29, 0.717) is 0 Å². The van der Waals surface area contributed by atoms with Crippen LogP contribution in [0.25, 0.3) is 21.9 Å². The van der Waals surface area contributed by atoms with Crippen molar-refractivity contribution >= 4 is 16.6 Å². The van der Waals surface area contributed by atoms with Gasteiger partial charge in [0.1, 0.15) is 0 Å². The van der Waals surface area contributed by atoms with Gasteiger partial charge in [-0.1, -0.05) is 48.5 Å². The minimum absolute atomic E-state index is 0.107. The molecule has 0 saturated carbocycles. The lowest BCUT2D eigenvalue weighted by molar-refractivity contribution is 0.101. The first-order valence-corrected chi connectivity index (χ1v) is 6.76. The molecular formula is C19H16O. The smallest absolute Gasteiger partial charge is 0.159 e. The first kappa shape index (κ1) is 12.6. The van der Waals surface area contributed by atoms with Crippen molar-refractivity contribution < 1.29 is 4.79 Å². The Bertz CT molecular complexity index is 794. The average Bonchev–Trinajstić information content (AvgIpc) is 2.46. The fraction of sp³-hybridized carbons (Fsp3) is 0.105. The molecule has 0 bridgehead atoms. The van der Waals surface area contributed by atoms with E-state index in [2.05, 4.69) is 36.4 Å². The topological polar surface area (TPSA) is 17.1 Å². The summed E-state index contributed by atoms with van der Waals surface area (Å²) in [5.74, 6) is 0.107. The summed E-state index contributed by atoms with van der Waals surface area (Å²) in [6.45, 7) is 3.64. The molecule has 98 valence electrons. The summed E-state index contributed by atoms with van der Waals surface area (Å²) in [6.07, 6.45) is 0. The van der Waals surface area contributed by atoms with E-state index >= 15 is 0 Å². The minimum atomic E-state index is 0.107.